The lowest BCUT2D eigenvalue weighted by Crippen LogP contribution is -2.44. The molecule has 0 spiro atoms. The molecule has 2 aliphatic heterocycles. The minimum Gasteiger partial charge on any atom is -0.329 e. The molecule has 0 unspecified atom stereocenters. The van der Waals surface area contributed by atoms with Gasteiger partial charge in [0.2, 0.25) is 5.56 Å². The molecular weight excluding hydrogens is 337 g/mol. The number of aromatic nitrogens is 2. The summed E-state index contributed by atoms with van der Waals surface area (Å²) in [6.07, 6.45) is 2.76. The zero-order valence-corrected chi connectivity index (χ0v) is 14.1. The Balaban J connectivity index is 0.000000960. The first-order chi connectivity index (χ1) is 10.2. The van der Waals surface area contributed by atoms with Crippen LogP contribution in [0.25, 0.3) is 11.1 Å². The molecule has 23 heavy (non-hydrogen) atoms. The summed E-state index contributed by atoms with van der Waals surface area (Å²) in [5, 5.41) is 3.45. The average molecular weight is 356 g/mol. The van der Waals surface area contributed by atoms with Gasteiger partial charge in [0.1, 0.15) is 0 Å². The summed E-state index contributed by atoms with van der Waals surface area (Å²) < 4.78 is 1.91. The molecule has 2 aliphatic rings. The second-order valence-electron chi connectivity index (χ2n) is 6.02. The Labute approximate surface area is 145 Å². The topological polar surface area (TPSA) is 66.9 Å². The van der Waals surface area contributed by atoms with Crippen LogP contribution in [0.4, 0.5) is 0 Å². The fraction of sp³-hybridized carbons (Fsp3) is 0.375. The van der Waals surface area contributed by atoms with Crippen LogP contribution in [0.5, 0.6) is 0 Å². The molecule has 2 atom stereocenters. The van der Waals surface area contributed by atoms with Crippen molar-refractivity contribution in [1.29, 1.82) is 0 Å². The van der Waals surface area contributed by atoms with E-state index < -0.39 is 0 Å². The lowest BCUT2D eigenvalue weighted by molar-refractivity contribution is 0.257. The third-order valence-electron chi connectivity index (χ3n) is 4.57. The maximum atomic E-state index is 12.4. The quantitative estimate of drug-likeness (QED) is 0.818. The largest absolute Gasteiger partial charge is 0.329 e. The van der Waals surface area contributed by atoms with Crippen LogP contribution in [0.15, 0.2) is 40.1 Å². The fourth-order valence-corrected chi connectivity index (χ4v) is 3.59. The summed E-state index contributed by atoms with van der Waals surface area (Å²) in [6, 6.07) is 7.09. The summed E-state index contributed by atoms with van der Waals surface area (Å²) in [6.45, 7) is 2.72. The van der Waals surface area contributed by atoms with Gasteiger partial charge in [-0.25, -0.2) is 0 Å². The predicted molar refractivity (Wildman–Crippen MR) is 95.0 cm³/mol. The molecule has 2 aromatic heterocycles. The van der Waals surface area contributed by atoms with Crippen molar-refractivity contribution in [3.8, 4) is 11.1 Å². The van der Waals surface area contributed by atoms with Gasteiger partial charge >= 0.3 is 0 Å². The molecule has 124 valence electrons. The monoisotopic (exact) mass is 355 g/mol. The SMILES string of the molecule is Cl.Cl.O=c1cc(-c2cc3n(c(=O)c2)C[C@@H]2CNC[C@H]3C2)cc[nH]1. The maximum absolute atomic E-state index is 12.4. The van der Waals surface area contributed by atoms with Crippen LogP contribution in [-0.4, -0.2) is 22.6 Å². The molecule has 2 N–H and O–H groups in total. The van der Waals surface area contributed by atoms with E-state index in [1.54, 1.807) is 12.3 Å². The number of fused-ring (bicyclic) bond motifs is 4. The molecule has 0 amide bonds. The first-order valence-corrected chi connectivity index (χ1v) is 7.35. The summed E-state index contributed by atoms with van der Waals surface area (Å²) in [7, 11) is 0. The molecule has 2 bridgehead atoms. The van der Waals surface area contributed by atoms with E-state index in [0.29, 0.717) is 11.8 Å². The molecule has 5 nitrogen and oxygen atoms in total. The van der Waals surface area contributed by atoms with Gasteiger partial charge in [-0.05, 0) is 42.1 Å². The number of nitrogens with zero attached hydrogens (tertiary/aromatic N) is 1. The molecule has 1 saturated heterocycles. The van der Waals surface area contributed by atoms with Crippen LogP contribution in [0.1, 0.15) is 18.0 Å². The second kappa shape index (κ2) is 6.91. The Morgan fingerprint density at radius 1 is 1.04 bits per heavy atom. The van der Waals surface area contributed by atoms with Gasteiger partial charge in [0, 0.05) is 43.0 Å². The second-order valence-corrected chi connectivity index (χ2v) is 6.02. The van der Waals surface area contributed by atoms with Crippen molar-refractivity contribution in [3.63, 3.8) is 0 Å². The summed E-state index contributed by atoms with van der Waals surface area (Å²) >= 11 is 0. The number of hydrogen-bond donors (Lipinski definition) is 2. The van der Waals surface area contributed by atoms with E-state index in [1.165, 1.54) is 6.07 Å². The van der Waals surface area contributed by atoms with Crippen molar-refractivity contribution in [3.05, 3.63) is 56.9 Å². The number of H-pyrrole nitrogens is 1. The number of hydrogen-bond acceptors (Lipinski definition) is 3. The van der Waals surface area contributed by atoms with E-state index in [0.717, 1.165) is 42.9 Å². The lowest BCUT2D eigenvalue weighted by Gasteiger charge is -2.37. The fourth-order valence-electron chi connectivity index (χ4n) is 3.59. The van der Waals surface area contributed by atoms with Gasteiger partial charge in [0.25, 0.3) is 5.56 Å². The molecular formula is C16H19Cl2N3O2. The molecule has 1 fully saturated rings. The van der Waals surface area contributed by atoms with Crippen LogP contribution in [-0.2, 0) is 6.54 Å². The van der Waals surface area contributed by atoms with Crippen molar-refractivity contribution < 1.29 is 0 Å². The van der Waals surface area contributed by atoms with E-state index >= 15 is 0 Å². The van der Waals surface area contributed by atoms with E-state index in [1.807, 2.05) is 10.6 Å². The first kappa shape index (κ1) is 17.8. The van der Waals surface area contributed by atoms with E-state index in [-0.39, 0.29) is 35.9 Å². The minimum atomic E-state index is -0.148. The van der Waals surface area contributed by atoms with Crippen LogP contribution in [0.2, 0.25) is 0 Å². The molecule has 4 heterocycles. The van der Waals surface area contributed by atoms with Gasteiger partial charge in [-0.15, -0.1) is 24.8 Å². The van der Waals surface area contributed by atoms with Crippen molar-refractivity contribution >= 4 is 24.8 Å². The lowest BCUT2D eigenvalue weighted by atomic mass is 9.83. The minimum absolute atomic E-state index is 0. The number of aromatic amines is 1. The van der Waals surface area contributed by atoms with Crippen molar-refractivity contribution in [2.24, 2.45) is 5.92 Å². The highest BCUT2D eigenvalue weighted by Gasteiger charge is 2.31. The third-order valence-corrected chi connectivity index (χ3v) is 4.57. The Morgan fingerprint density at radius 3 is 2.65 bits per heavy atom. The number of nitrogens with one attached hydrogen (secondary N) is 2. The summed E-state index contributed by atoms with van der Waals surface area (Å²) in [4.78, 5) is 26.5. The normalized spacial score (nSPS) is 21.6. The Hall–Kier alpha value is -1.56. The van der Waals surface area contributed by atoms with Crippen LogP contribution < -0.4 is 16.4 Å². The Morgan fingerprint density at radius 2 is 1.87 bits per heavy atom. The van der Waals surface area contributed by atoms with E-state index in [4.69, 9.17) is 0 Å². The predicted octanol–water partition coefficient (Wildman–Crippen LogP) is 1.75. The molecule has 0 aromatic carbocycles. The molecule has 7 heteroatoms. The number of halogens is 2. The zero-order valence-electron chi connectivity index (χ0n) is 12.5. The molecule has 0 radical (unpaired) electrons. The van der Waals surface area contributed by atoms with Crippen molar-refractivity contribution in [2.45, 2.75) is 18.9 Å². The summed E-state index contributed by atoms with van der Waals surface area (Å²) in [5.41, 5.74) is 2.62. The van der Waals surface area contributed by atoms with Crippen molar-refractivity contribution in [2.75, 3.05) is 13.1 Å². The van der Waals surface area contributed by atoms with Crippen LogP contribution in [0.3, 0.4) is 0 Å². The molecule has 2 aromatic rings. The number of piperidine rings is 1. The van der Waals surface area contributed by atoms with Gasteiger partial charge in [-0.3, -0.25) is 9.59 Å². The van der Waals surface area contributed by atoms with Gasteiger partial charge < -0.3 is 14.9 Å². The maximum Gasteiger partial charge on any atom is 0.251 e. The summed E-state index contributed by atoms with van der Waals surface area (Å²) in [5.74, 6) is 0.950. The smallest absolute Gasteiger partial charge is 0.251 e. The highest BCUT2D eigenvalue weighted by molar-refractivity contribution is 5.85. The molecule has 0 aliphatic carbocycles. The number of rotatable bonds is 1. The number of pyridine rings is 2. The van der Waals surface area contributed by atoms with E-state index in [9.17, 15) is 9.59 Å². The first-order valence-electron chi connectivity index (χ1n) is 7.35. The Bertz CT molecular complexity index is 815. The standard InChI is InChI=1S/C16H17N3O2.2ClH/c20-15-5-11(1-2-18-15)12-4-14-13-3-10(7-17-8-13)9-19(14)16(21)6-12;;/h1-2,4-6,10,13,17H,3,7-9H2,(H,18,20);2*1H/t10-,13+;;/m0../s1. The highest BCUT2D eigenvalue weighted by atomic mass is 35.5. The van der Waals surface area contributed by atoms with Gasteiger partial charge in [-0.2, -0.15) is 0 Å². The van der Waals surface area contributed by atoms with Crippen molar-refractivity contribution in [1.82, 2.24) is 14.9 Å². The third kappa shape index (κ3) is 3.22. The van der Waals surface area contributed by atoms with Crippen LogP contribution in [0, 0.1) is 5.92 Å². The van der Waals surface area contributed by atoms with Gasteiger partial charge in [-0.1, -0.05) is 0 Å². The van der Waals surface area contributed by atoms with Gasteiger partial charge in [0.15, 0.2) is 0 Å². The van der Waals surface area contributed by atoms with Gasteiger partial charge in [0.05, 0.1) is 0 Å². The Kier molecular flexibility index (Phi) is 5.34. The molecule has 4 rings (SSSR count). The highest BCUT2D eigenvalue weighted by Crippen LogP contribution is 2.33. The average Bonchev–Trinajstić information content (AvgIpc) is 2.48. The zero-order chi connectivity index (χ0) is 14.4. The van der Waals surface area contributed by atoms with E-state index in [2.05, 4.69) is 16.4 Å². The van der Waals surface area contributed by atoms with Crippen LogP contribution >= 0.6 is 24.8 Å². The molecule has 0 saturated carbocycles.